The molecule has 24 heavy (non-hydrogen) atoms. The molecule has 0 saturated carbocycles. The zero-order valence-corrected chi connectivity index (χ0v) is 14.2. The van der Waals surface area contributed by atoms with Gasteiger partial charge in [-0.1, -0.05) is 55.5 Å². The van der Waals surface area contributed by atoms with Gasteiger partial charge in [-0.05, 0) is 18.1 Å². The Morgan fingerprint density at radius 3 is 2.67 bits per heavy atom. The van der Waals surface area contributed by atoms with Gasteiger partial charge in [0, 0.05) is 22.8 Å². The molecule has 2 aromatic carbocycles. The topological polar surface area (TPSA) is 48.7 Å². The van der Waals surface area contributed by atoms with Crippen LogP contribution in [0.2, 0.25) is 0 Å². The Kier molecular flexibility index (Phi) is 5.05. The third kappa shape index (κ3) is 3.53. The minimum absolute atomic E-state index is 0.535. The van der Waals surface area contributed by atoms with E-state index in [9.17, 15) is 5.26 Å². The number of anilines is 1. The first kappa shape index (κ1) is 16.0. The van der Waals surface area contributed by atoms with Gasteiger partial charge in [0.1, 0.15) is 16.6 Å². The molecular formula is C20H17N3S. The molecule has 0 radical (unpaired) electrons. The Labute approximate surface area is 145 Å². The molecule has 0 fully saturated rings. The highest BCUT2D eigenvalue weighted by Gasteiger charge is 2.09. The molecule has 0 aliphatic heterocycles. The lowest BCUT2D eigenvalue weighted by Gasteiger charge is -2.07. The summed E-state index contributed by atoms with van der Waals surface area (Å²) in [6.45, 7) is 2.11. The predicted molar refractivity (Wildman–Crippen MR) is 101 cm³/mol. The highest BCUT2D eigenvalue weighted by Crippen LogP contribution is 2.26. The zero-order valence-electron chi connectivity index (χ0n) is 13.4. The lowest BCUT2D eigenvalue weighted by molar-refractivity contribution is 1.14. The summed E-state index contributed by atoms with van der Waals surface area (Å²) in [7, 11) is 0. The average Bonchev–Trinajstić information content (AvgIpc) is 3.13. The molecule has 3 nitrogen and oxygen atoms in total. The predicted octanol–water partition coefficient (Wildman–Crippen LogP) is 5.35. The second-order valence-electron chi connectivity index (χ2n) is 5.23. The minimum atomic E-state index is 0.535. The summed E-state index contributed by atoms with van der Waals surface area (Å²) in [5.41, 5.74) is 4.73. The van der Waals surface area contributed by atoms with Crippen LogP contribution in [-0.2, 0) is 6.42 Å². The van der Waals surface area contributed by atoms with Crippen LogP contribution in [0.4, 0.5) is 5.69 Å². The molecule has 4 heteroatoms. The molecule has 0 aliphatic carbocycles. The molecule has 118 valence electrons. The minimum Gasteiger partial charge on any atom is -0.360 e. The van der Waals surface area contributed by atoms with Crippen LogP contribution in [0.25, 0.3) is 16.8 Å². The number of benzene rings is 2. The second kappa shape index (κ2) is 7.58. The number of hydrogen-bond donors (Lipinski definition) is 1. The maximum atomic E-state index is 9.47. The van der Waals surface area contributed by atoms with Crippen LogP contribution in [0, 0.1) is 11.3 Å². The van der Waals surface area contributed by atoms with Gasteiger partial charge in [-0.3, -0.25) is 0 Å². The van der Waals surface area contributed by atoms with Crippen LogP contribution < -0.4 is 5.32 Å². The lowest BCUT2D eigenvalue weighted by Crippen LogP contribution is -1.95. The summed E-state index contributed by atoms with van der Waals surface area (Å²) in [5.74, 6) is 0. The number of nitrogens with one attached hydrogen (secondary N) is 1. The highest BCUT2D eigenvalue weighted by atomic mass is 32.1. The zero-order chi connectivity index (χ0) is 16.8. The van der Waals surface area contributed by atoms with Gasteiger partial charge < -0.3 is 5.32 Å². The molecule has 3 aromatic rings. The third-order valence-electron chi connectivity index (χ3n) is 3.69. The number of hydrogen-bond acceptors (Lipinski definition) is 4. The summed E-state index contributed by atoms with van der Waals surface area (Å²) in [5, 5.41) is 15.4. The molecule has 0 amide bonds. The van der Waals surface area contributed by atoms with Gasteiger partial charge in [-0.2, -0.15) is 5.26 Å². The van der Waals surface area contributed by atoms with Crippen LogP contribution in [-0.4, -0.2) is 4.98 Å². The van der Waals surface area contributed by atoms with Crippen molar-refractivity contribution in [2.45, 2.75) is 13.3 Å². The van der Waals surface area contributed by atoms with Crippen molar-refractivity contribution in [3.63, 3.8) is 0 Å². The Hall–Kier alpha value is -2.90. The van der Waals surface area contributed by atoms with Gasteiger partial charge in [-0.25, -0.2) is 4.98 Å². The summed E-state index contributed by atoms with van der Waals surface area (Å²) in [4.78, 5) is 4.59. The molecule has 0 atom stereocenters. The van der Waals surface area contributed by atoms with Crippen molar-refractivity contribution >= 4 is 22.6 Å². The van der Waals surface area contributed by atoms with Gasteiger partial charge in [-0.15, -0.1) is 11.3 Å². The number of nitrogens with zero attached hydrogens (tertiary/aromatic N) is 2. The molecule has 0 saturated heterocycles. The number of thiazole rings is 1. The average molecular weight is 331 g/mol. The van der Waals surface area contributed by atoms with Gasteiger partial charge in [0.25, 0.3) is 0 Å². The monoisotopic (exact) mass is 331 g/mol. The molecule has 1 heterocycles. The molecule has 1 aromatic heterocycles. The fourth-order valence-electron chi connectivity index (χ4n) is 2.40. The highest BCUT2D eigenvalue weighted by molar-refractivity contribution is 7.11. The van der Waals surface area contributed by atoms with Gasteiger partial charge in [0.15, 0.2) is 0 Å². The van der Waals surface area contributed by atoms with Crippen LogP contribution in [0.15, 0.2) is 66.2 Å². The van der Waals surface area contributed by atoms with E-state index in [1.807, 2.05) is 53.9 Å². The lowest BCUT2D eigenvalue weighted by atomic mass is 10.1. The van der Waals surface area contributed by atoms with Crippen LogP contribution in [0.5, 0.6) is 0 Å². The van der Waals surface area contributed by atoms with Crippen molar-refractivity contribution in [1.29, 1.82) is 5.26 Å². The van der Waals surface area contributed by atoms with Crippen molar-refractivity contribution in [2.24, 2.45) is 0 Å². The van der Waals surface area contributed by atoms with Crippen molar-refractivity contribution in [1.82, 2.24) is 4.98 Å². The van der Waals surface area contributed by atoms with E-state index in [2.05, 4.69) is 29.4 Å². The fraction of sp³-hybridized carbons (Fsp3) is 0.100. The van der Waals surface area contributed by atoms with E-state index in [1.165, 1.54) is 16.9 Å². The SMILES string of the molecule is CCc1ccccc1N/C=C(\C#N)c1nc(-c2ccccc2)cs1. The number of para-hydroxylation sites is 1. The first-order valence-corrected chi connectivity index (χ1v) is 8.66. The van der Waals surface area contributed by atoms with E-state index >= 15 is 0 Å². The number of allylic oxidation sites excluding steroid dienone is 1. The van der Waals surface area contributed by atoms with Crippen LogP contribution in [0.1, 0.15) is 17.5 Å². The molecule has 3 rings (SSSR count). The number of aryl methyl sites for hydroxylation is 1. The van der Waals surface area contributed by atoms with E-state index in [4.69, 9.17) is 0 Å². The largest absolute Gasteiger partial charge is 0.360 e. The van der Waals surface area contributed by atoms with Crippen molar-refractivity contribution in [2.75, 3.05) is 5.32 Å². The molecule has 0 aliphatic rings. The second-order valence-corrected chi connectivity index (χ2v) is 6.09. The summed E-state index contributed by atoms with van der Waals surface area (Å²) >= 11 is 1.48. The standard InChI is InChI=1S/C20H17N3S/c1-2-15-8-6-7-11-18(15)22-13-17(12-21)20-23-19(14-24-20)16-9-4-3-5-10-16/h3-11,13-14,22H,2H2,1H3/b17-13+. The fourth-order valence-corrected chi connectivity index (χ4v) is 3.19. The van der Waals surface area contributed by atoms with Gasteiger partial charge >= 0.3 is 0 Å². The first-order chi connectivity index (χ1) is 11.8. The van der Waals surface area contributed by atoms with E-state index in [-0.39, 0.29) is 0 Å². The van der Waals surface area contributed by atoms with Gasteiger partial charge in [0.2, 0.25) is 0 Å². The van der Waals surface area contributed by atoms with Crippen LogP contribution in [0.3, 0.4) is 0 Å². The summed E-state index contributed by atoms with van der Waals surface area (Å²) in [6.07, 6.45) is 2.68. The molecule has 1 N–H and O–H groups in total. The Morgan fingerprint density at radius 1 is 1.17 bits per heavy atom. The maximum Gasteiger partial charge on any atom is 0.136 e. The summed E-state index contributed by atoms with van der Waals surface area (Å²) < 4.78 is 0. The Bertz CT molecular complexity index is 889. The number of rotatable bonds is 5. The molecule has 0 spiro atoms. The molecule has 0 unspecified atom stereocenters. The smallest absolute Gasteiger partial charge is 0.136 e. The van der Waals surface area contributed by atoms with Crippen molar-refractivity contribution < 1.29 is 0 Å². The van der Waals surface area contributed by atoms with Crippen LogP contribution >= 0.6 is 11.3 Å². The third-order valence-corrected chi connectivity index (χ3v) is 4.57. The number of nitriles is 1. The Morgan fingerprint density at radius 2 is 1.92 bits per heavy atom. The quantitative estimate of drug-likeness (QED) is 0.641. The van der Waals surface area contributed by atoms with E-state index in [0.29, 0.717) is 5.57 Å². The molecular weight excluding hydrogens is 314 g/mol. The van der Waals surface area contributed by atoms with E-state index in [0.717, 1.165) is 28.4 Å². The first-order valence-electron chi connectivity index (χ1n) is 7.78. The van der Waals surface area contributed by atoms with Gasteiger partial charge in [0.05, 0.1) is 5.69 Å². The van der Waals surface area contributed by atoms with E-state index < -0.39 is 0 Å². The molecule has 0 bridgehead atoms. The Balaban J connectivity index is 1.84. The van der Waals surface area contributed by atoms with Crippen molar-refractivity contribution in [3.05, 3.63) is 76.7 Å². The maximum absolute atomic E-state index is 9.47. The van der Waals surface area contributed by atoms with Crippen molar-refractivity contribution in [3.8, 4) is 17.3 Å². The summed E-state index contributed by atoms with van der Waals surface area (Å²) in [6, 6.07) is 20.3. The van der Waals surface area contributed by atoms with E-state index in [1.54, 1.807) is 6.20 Å². The number of aromatic nitrogens is 1. The normalized spacial score (nSPS) is 11.1.